The summed E-state index contributed by atoms with van der Waals surface area (Å²) in [6, 6.07) is 15.6. The summed E-state index contributed by atoms with van der Waals surface area (Å²) < 4.78 is 8.45. The average molecular weight is 372 g/mol. The van der Waals surface area contributed by atoms with Crippen molar-refractivity contribution in [2.24, 2.45) is 0 Å². The van der Waals surface area contributed by atoms with Gasteiger partial charge >= 0.3 is 0 Å². The van der Waals surface area contributed by atoms with Crippen LogP contribution in [-0.4, -0.2) is 10.7 Å². The SMILES string of the molecule is CC(C)Oc1ccc2c(=O)n(Cc3ccc(Br)cc3)ccc2c1. The van der Waals surface area contributed by atoms with Crippen LogP contribution in [0.1, 0.15) is 19.4 Å². The zero-order valence-corrected chi connectivity index (χ0v) is 14.7. The minimum Gasteiger partial charge on any atom is -0.491 e. The number of aromatic nitrogens is 1. The first-order chi connectivity index (χ1) is 11.0. The molecule has 3 rings (SSSR count). The summed E-state index contributed by atoms with van der Waals surface area (Å²) in [7, 11) is 0. The van der Waals surface area contributed by atoms with Crippen molar-refractivity contribution in [3.63, 3.8) is 0 Å². The second kappa shape index (κ2) is 6.59. The molecule has 0 aliphatic heterocycles. The first-order valence-corrected chi connectivity index (χ1v) is 8.36. The number of nitrogens with zero attached hydrogens (tertiary/aromatic N) is 1. The van der Waals surface area contributed by atoms with Crippen LogP contribution < -0.4 is 10.3 Å². The van der Waals surface area contributed by atoms with Crippen molar-refractivity contribution < 1.29 is 4.74 Å². The Bertz CT molecular complexity index is 882. The van der Waals surface area contributed by atoms with Crippen molar-refractivity contribution in [2.45, 2.75) is 26.5 Å². The van der Waals surface area contributed by atoms with Gasteiger partial charge in [0.15, 0.2) is 0 Å². The number of rotatable bonds is 4. The van der Waals surface area contributed by atoms with Gasteiger partial charge in [-0.3, -0.25) is 4.79 Å². The van der Waals surface area contributed by atoms with Crippen LogP contribution >= 0.6 is 15.9 Å². The third-order valence-electron chi connectivity index (χ3n) is 3.59. The van der Waals surface area contributed by atoms with Gasteiger partial charge in [0.1, 0.15) is 5.75 Å². The minimum atomic E-state index is 0.0153. The molecule has 0 unspecified atom stereocenters. The summed E-state index contributed by atoms with van der Waals surface area (Å²) >= 11 is 3.42. The fourth-order valence-corrected chi connectivity index (χ4v) is 2.79. The van der Waals surface area contributed by atoms with Crippen molar-refractivity contribution in [3.8, 4) is 5.75 Å². The van der Waals surface area contributed by atoms with E-state index < -0.39 is 0 Å². The van der Waals surface area contributed by atoms with E-state index in [2.05, 4.69) is 15.9 Å². The van der Waals surface area contributed by atoms with Crippen LogP contribution in [0.5, 0.6) is 5.75 Å². The van der Waals surface area contributed by atoms with Gasteiger partial charge in [-0.1, -0.05) is 28.1 Å². The van der Waals surface area contributed by atoms with Gasteiger partial charge in [-0.15, -0.1) is 0 Å². The van der Waals surface area contributed by atoms with Crippen LogP contribution in [-0.2, 0) is 6.54 Å². The number of pyridine rings is 1. The van der Waals surface area contributed by atoms with Crippen LogP contribution in [0.2, 0.25) is 0 Å². The van der Waals surface area contributed by atoms with Crippen LogP contribution in [0.25, 0.3) is 10.8 Å². The first kappa shape index (κ1) is 15.8. The molecule has 0 amide bonds. The van der Waals surface area contributed by atoms with Crippen LogP contribution in [0.3, 0.4) is 0 Å². The Morgan fingerprint density at radius 1 is 1.09 bits per heavy atom. The molecule has 3 aromatic rings. The monoisotopic (exact) mass is 371 g/mol. The van der Waals surface area contributed by atoms with E-state index in [0.29, 0.717) is 11.9 Å². The van der Waals surface area contributed by atoms with Gasteiger partial charge in [-0.2, -0.15) is 0 Å². The van der Waals surface area contributed by atoms with E-state index in [0.717, 1.165) is 21.2 Å². The molecule has 0 radical (unpaired) electrons. The fraction of sp³-hybridized carbons (Fsp3) is 0.211. The molecule has 0 fully saturated rings. The molecule has 0 atom stereocenters. The lowest BCUT2D eigenvalue weighted by molar-refractivity contribution is 0.243. The van der Waals surface area contributed by atoms with Crippen molar-refractivity contribution in [1.29, 1.82) is 0 Å². The second-order valence-electron chi connectivity index (χ2n) is 5.79. The van der Waals surface area contributed by atoms with E-state index in [4.69, 9.17) is 4.74 Å². The Balaban J connectivity index is 1.95. The van der Waals surface area contributed by atoms with E-state index >= 15 is 0 Å². The number of benzene rings is 2. The molecule has 0 saturated heterocycles. The maximum absolute atomic E-state index is 12.6. The van der Waals surface area contributed by atoms with Crippen LogP contribution in [0.4, 0.5) is 0 Å². The molecule has 1 aromatic heterocycles. The standard InChI is InChI=1S/C19H18BrNO2/c1-13(2)23-17-7-8-18-15(11-17)9-10-21(19(18)22)12-14-3-5-16(20)6-4-14/h3-11,13H,12H2,1-2H3. The van der Waals surface area contributed by atoms with Gasteiger partial charge in [0.25, 0.3) is 5.56 Å². The quantitative estimate of drug-likeness (QED) is 0.670. The number of ether oxygens (including phenoxy) is 1. The minimum absolute atomic E-state index is 0.0153. The third kappa shape index (κ3) is 3.64. The highest BCUT2D eigenvalue weighted by Crippen LogP contribution is 2.20. The number of hydrogen-bond acceptors (Lipinski definition) is 2. The highest BCUT2D eigenvalue weighted by molar-refractivity contribution is 9.10. The molecule has 1 heterocycles. The topological polar surface area (TPSA) is 31.2 Å². The fourth-order valence-electron chi connectivity index (χ4n) is 2.52. The molecular weight excluding hydrogens is 354 g/mol. The average Bonchev–Trinajstić information content (AvgIpc) is 2.51. The molecule has 23 heavy (non-hydrogen) atoms. The molecular formula is C19H18BrNO2. The first-order valence-electron chi connectivity index (χ1n) is 7.57. The van der Waals surface area contributed by atoms with Gasteiger partial charge < -0.3 is 9.30 Å². The molecule has 0 aliphatic rings. The second-order valence-corrected chi connectivity index (χ2v) is 6.71. The van der Waals surface area contributed by atoms with Crippen molar-refractivity contribution in [1.82, 2.24) is 4.57 Å². The Kier molecular flexibility index (Phi) is 4.53. The third-order valence-corrected chi connectivity index (χ3v) is 4.11. The summed E-state index contributed by atoms with van der Waals surface area (Å²) in [6.45, 7) is 4.53. The number of fused-ring (bicyclic) bond motifs is 1. The van der Waals surface area contributed by atoms with E-state index in [1.807, 2.05) is 68.6 Å². The predicted octanol–water partition coefficient (Wildman–Crippen LogP) is 4.60. The highest BCUT2D eigenvalue weighted by Gasteiger charge is 2.06. The lowest BCUT2D eigenvalue weighted by Gasteiger charge is -2.11. The largest absolute Gasteiger partial charge is 0.491 e. The van der Waals surface area contributed by atoms with Crippen LogP contribution in [0, 0.1) is 0 Å². The van der Waals surface area contributed by atoms with Gasteiger partial charge in [0, 0.05) is 16.1 Å². The highest BCUT2D eigenvalue weighted by atomic mass is 79.9. The molecule has 2 aromatic carbocycles. The van der Waals surface area contributed by atoms with E-state index in [9.17, 15) is 4.79 Å². The molecule has 0 saturated carbocycles. The predicted molar refractivity (Wildman–Crippen MR) is 97.2 cm³/mol. The van der Waals surface area contributed by atoms with Gasteiger partial charge in [-0.05, 0) is 61.2 Å². The molecule has 0 spiro atoms. The summed E-state index contributed by atoms with van der Waals surface area (Å²) in [6.07, 6.45) is 1.96. The number of halogens is 1. The maximum atomic E-state index is 12.6. The van der Waals surface area contributed by atoms with Crippen molar-refractivity contribution >= 4 is 26.7 Å². The van der Waals surface area contributed by atoms with E-state index in [-0.39, 0.29) is 11.7 Å². The van der Waals surface area contributed by atoms with Crippen molar-refractivity contribution in [3.05, 3.63) is 75.1 Å². The van der Waals surface area contributed by atoms with Gasteiger partial charge in [-0.25, -0.2) is 0 Å². The Morgan fingerprint density at radius 3 is 2.52 bits per heavy atom. The lowest BCUT2D eigenvalue weighted by atomic mass is 10.1. The van der Waals surface area contributed by atoms with Crippen LogP contribution in [0.15, 0.2) is 64.0 Å². The summed E-state index contributed by atoms with van der Waals surface area (Å²) in [5, 5.41) is 1.61. The van der Waals surface area contributed by atoms with Crippen molar-refractivity contribution in [2.75, 3.05) is 0 Å². The zero-order chi connectivity index (χ0) is 16.4. The molecule has 0 N–H and O–H groups in total. The van der Waals surface area contributed by atoms with E-state index in [1.165, 1.54) is 0 Å². The normalized spacial score (nSPS) is 11.1. The van der Waals surface area contributed by atoms with E-state index in [1.54, 1.807) is 4.57 Å². The summed E-state index contributed by atoms with van der Waals surface area (Å²) in [4.78, 5) is 12.6. The molecule has 0 aliphatic carbocycles. The van der Waals surface area contributed by atoms with Gasteiger partial charge in [0.05, 0.1) is 12.6 Å². The lowest BCUT2D eigenvalue weighted by Crippen LogP contribution is -2.20. The smallest absolute Gasteiger partial charge is 0.258 e. The molecule has 3 nitrogen and oxygen atoms in total. The molecule has 4 heteroatoms. The summed E-state index contributed by atoms with van der Waals surface area (Å²) in [5.41, 5.74) is 1.11. The maximum Gasteiger partial charge on any atom is 0.258 e. The summed E-state index contributed by atoms with van der Waals surface area (Å²) in [5.74, 6) is 0.789. The Morgan fingerprint density at radius 2 is 1.83 bits per heavy atom. The zero-order valence-electron chi connectivity index (χ0n) is 13.1. The molecule has 118 valence electrons. The number of hydrogen-bond donors (Lipinski definition) is 0. The Labute approximate surface area is 143 Å². The van der Waals surface area contributed by atoms with Gasteiger partial charge in [0.2, 0.25) is 0 Å². The molecule has 0 bridgehead atoms. The Hall–Kier alpha value is -2.07.